The second kappa shape index (κ2) is 7.48. The minimum Gasteiger partial charge on any atom is -0.354 e. The molecule has 1 saturated heterocycles. The van der Waals surface area contributed by atoms with E-state index in [2.05, 4.69) is 56.2 Å². The number of aromatic nitrogens is 1. The van der Waals surface area contributed by atoms with E-state index in [9.17, 15) is 4.79 Å². The molecule has 1 fully saturated rings. The Balaban J connectivity index is 1.81. The number of likely N-dealkylation sites (tertiary alicyclic amines) is 1. The molecule has 1 aliphatic rings. The Hall–Kier alpha value is -2.36. The van der Waals surface area contributed by atoms with Gasteiger partial charge in [0.05, 0.1) is 17.4 Å². The van der Waals surface area contributed by atoms with Gasteiger partial charge < -0.3 is 10.2 Å². The average molecular weight is 351 g/mol. The van der Waals surface area contributed by atoms with E-state index in [-0.39, 0.29) is 11.3 Å². The first-order valence-electron chi connectivity index (χ1n) is 9.45. The van der Waals surface area contributed by atoms with Gasteiger partial charge in [-0.1, -0.05) is 45.9 Å². The highest BCUT2D eigenvalue weighted by atomic mass is 16.2. The highest BCUT2D eigenvalue weighted by Gasteiger charge is 2.23. The highest BCUT2D eigenvalue weighted by molar-refractivity contribution is 5.95. The highest BCUT2D eigenvalue weighted by Crippen LogP contribution is 2.31. The Morgan fingerprint density at radius 3 is 2.73 bits per heavy atom. The number of carbonyl (C=O) groups is 1. The van der Waals surface area contributed by atoms with Gasteiger partial charge >= 0.3 is 0 Å². The SMILES string of the molecule is CC1CCCN(C(=O)c2cncc(Nc3ccccc3C(C)(C)C)c2)C1. The molecular formula is C22H29N3O. The van der Waals surface area contributed by atoms with Gasteiger partial charge in [0.2, 0.25) is 0 Å². The number of hydrogen-bond donors (Lipinski definition) is 1. The molecule has 1 aromatic carbocycles. The van der Waals surface area contributed by atoms with E-state index >= 15 is 0 Å². The van der Waals surface area contributed by atoms with Crippen LogP contribution in [0.1, 0.15) is 56.5 Å². The van der Waals surface area contributed by atoms with Crippen LogP contribution >= 0.6 is 0 Å². The molecular weight excluding hydrogens is 322 g/mol. The summed E-state index contributed by atoms with van der Waals surface area (Å²) in [4.78, 5) is 19.1. The summed E-state index contributed by atoms with van der Waals surface area (Å²) < 4.78 is 0. The predicted octanol–water partition coefficient (Wildman–Crippen LogP) is 4.99. The third-order valence-electron chi connectivity index (χ3n) is 4.94. The predicted molar refractivity (Wildman–Crippen MR) is 107 cm³/mol. The number of piperidine rings is 1. The van der Waals surface area contributed by atoms with Crippen molar-refractivity contribution in [2.24, 2.45) is 5.92 Å². The third kappa shape index (κ3) is 4.24. The largest absolute Gasteiger partial charge is 0.354 e. The number of hydrogen-bond acceptors (Lipinski definition) is 3. The van der Waals surface area contributed by atoms with Gasteiger partial charge in [0, 0.05) is 25.0 Å². The summed E-state index contributed by atoms with van der Waals surface area (Å²) in [6.45, 7) is 10.5. The Labute approximate surface area is 156 Å². The van der Waals surface area contributed by atoms with Crippen LogP contribution in [0.5, 0.6) is 0 Å². The van der Waals surface area contributed by atoms with Crippen LogP contribution < -0.4 is 5.32 Å². The molecule has 0 aliphatic carbocycles. The summed E-state index contributed by atoms with van der Waals surface area (Å²) in [5, 5.41) is 3.45. The Kier molecular flexibility index (Phi) is 5.30. The number of amides is 1. The number of rotatable bonds is 3. The van der Waals surface area contributed by atoms with Crippen molar-refractivity contribution < 1.29 is 4.79 Å². The van der Waals surface area contributed by atoms with Crippen LogP contribution in [-0.4, -0.2) is 28.9 Å². The van der Waals surface area contributed by atoms with Crippen molar-refractivity contribution in [2.75, 3.05) is 18.4 Å². The fourth-order valence-corrected chi connectivity index (χ4v) is 3.58. The Morgan fingerprint density at radius 1 is 1.23 bits per heavy atom. The zero-order chi connectivity index (χ0) is 18.7. The van der Waals surface area contributed by atoms with E-state index in [1.165, 1.54) is 12.0 Å². The average Bonchev–Trinajstić information content (AvgIpc) is 2.61. The van der Waals surface area contributed by atoms with Crippen LogP contribution in [0.3, 0.4) is 0 Å². The number of anilines is 2. The molecule has 0 spiro atoms. The lowest BCUT2D eigenvalue weighted by Crippen LogP contribution is -2.39. The van der Waals surface area contributed by atoms with Crippen molar-refractivity contribution in [1.29, 1.82) is 0 Å². The molecule has 3 rings (SSSR count). The smallest absolute Gasteiger partial charge is 0.255 e. The molecule has 26 heavy (non-hydrogen) atoms. The van der Waals surface area contributed by atoms with E-state index in [1.54, 1.807) is 12.4 Å². The summed E-state index contributed by atoms with van der Waals surface area (Å²) in [7, 11) is 0. The second-order valence-electron chi connectivity index (χ2n) is 8.38. The molecule has 1 N–H and O–H groups in total. The first kappa shape index (κ1) is 18.4. The van der Waals surface area contributed by atoms with E-state index in [4.69, 9.17) is 0 Å². The van der Waals surface area contributed by atoms with Gasteiger partial charge in [0.25, 0.3) is 5.91 Å². The van der Waals surface area contributed by atoms with E-state index in [0.29, 0.717) is 11.5 Å². The molecule has 4 heteroatoms. The molecule has 2 heterocycles. The molecule has 138 valence electrons. The molecule has 1 unspecified atom stereocenters. The maximum atomic E-state index is 12.8. The fourth-order valence-electron chi connectivity index (χ4n) is 3.58. The summed E-state index contributed by atoms with van der Waals surface area (Å²) >= 11 is 0. The molecule has 1 amide bonds. The number of pyridine rings is 1. The van der Waals surface area contributed by atoms with Crippen molar-refractivity contribution in [3.63, 3.8) is 0 Å². The Morgan fingerprint density at radius 2 is 2.00 bits per heavy atom. The van der Waals surface area contributed by atoms with E-state index < -0.39 is 0 Å². The van der Waals surface area contributed by atoms with Crippen LogP contribution in [-0.2, 0) is 5.41 Å². The van der Waals surface area contributed by atoms with Crippen LogP contribution in [0.2, 0.25) is 0 Å². The molecule has 0 saturated carbocycles. The summed E-state index contributed by atoms with van der Waals surface area (Å²) in [5.41, 5.74) is 3.82. The third-order valence-corrected chi connectivity index (χ3v) is 4.94. The first-order valence-corrected chi connectivity index (χ1v) is 9.45. The zero-order valence-electron chi connectivity index (χ0n) is 16.2. The second-order valence-corrected chi connectivity index (χ2v) is 8.38. The molecule has 4 nitrogen and oxygen atoms in total. The lowest BCUT2D eigenvalue weighted by molar-refractivity contribution is 0.0682. The lowest BCUT2D eigenvalue weighted by atomic mass is 9.86. The van der Waals surface area contributed by atoms with Gasteiger partial charge in [0.15, 0.2) is 0 Å². The van der Waals surface area contributed by atoms with Gasteiger partial charge in [-0.3, -0.25) is 9.78 Å². The molecule has 1 aliphatic heterocycles. The van der Waals surface area contributed by atoms with Gasteiger partial charge in [-0.25, -0.2) is 0 Å². The number of nitrogens with one attached hydrogen (secondary N) is 1. The molecule has 0 radical (unpaired) electrons. The van der Waals surface area contributed by atoms with Gasteiger partial charge in [-0.15, -0.1) is 0 Å². The van der Waals surface area contributed by atoms with Crippen molar-refractivity contribution >= 4 is 17.3 Å². The standard InChI is InChI=1S/C22H29N3O/c1-16-8-7-11-25(15-16)21(26)17-12-18(14-23-13-17)24-20-10-6-5-9-19(20)22(2,3)4/h5-6,9-10,12-14,16,24H,7-8,11,15H2,1-4H3. The van der Waals surface area contributed by atoms with Gasteiger partial charge in [-0.2, -0.15) is 0 Å². The number of para-hydroxylation sites is 1. The van der Waals surface area contributed by atoms with Crippen LogP contribution in [0.15, 0.2) is 42.7 Å². The molecule has 1 aromatic heterocycles. The van der Waals surface area contributed by atoms with Crippen molar-refractivity contribution in [2.45, 2.75) is 46.0 Å². The summed E-state index contributed by atoms with van der Waals surface area (Å²) in [6.07, 6.45) is 5.72. The monoisotopic (exact) mass is 351 g/mol. The Bertz CT molecular complexity index is 779. The van der Waals surface area contributed by atoms with Crippen molar-refractivity contribution in [1.82, 2.24) is 9.88 Å². The molecule has 0 bridgehead atoms. The van der Waals surface area contributed by atoms with Crippen molar-refractivity contribution in [3.8, 4) is 0 Å². The summed E-state index contributed by atoms with van der Waals surface area (Å²) in [5.74, 6) is 0.650. The van der Waals surface area contributed by atoms with Crippen molar-refractivity contribution in [3.05, 3.63) is 53.9 Å². The number of benzene rings is 1. The minimum atomic E-state index is 0.0361. The van der Waals surface area contributed by atoms with Crippen LogP contribution in [0, 0.1) is 5.92 Å². The number of carbonyl (C=O) groups excluding carboxylic acids is 1. The maximum Gasteiger partial charge on any atom is 0.255 e. The lowest BCUT2D eigenvalue weighted by Gasteiger charge is -2.31. The van der Waals surface area contributed by atoms with E-state index in [1.807, 2.05) is 17.0 Å². The quantitative estimate of drug-likeness (QED) is 0.847. The first-order chi connectivity index (χ1) is 12.3. The van der Waals surface area contributed by atoms with Crippen LogP contribution in [0.25, 0.3) is 0 Å². The molecule has 1 atom stereocenters. The number of nitrogens with zero attached hydrogens (tertiary/aromatic N) is 2. The van der Waals surface area contributed by atoms with Gasteiger partial charge in [-0.05, 0) is 41.9 Å². The molecule has 2 aromatic rings. The zero-order valence-corrected chi connectivity index (χ0v) is 16.2. The van der Waals surface area contributed by atoms with Crippen LogP contribution in [0.4, 0.5) is 11.4 Å². The topological polar surface area (TPSA) is 45.2 Å². The summed E-state index contributed by atoms with van der Waals surface area (Å²) in [6, 6.07) is 10.2. The van der Waals surface area contributed by atoms with E-state index in [0.717, 1.165) is 30.9 Å². The maximum absolute atomic E-state index is 12.8. The fraction of sp³-hybridized carbons (Fsp3) is 0.455. The normalized spacial score (nSPS) is 17.8. The minimum absolute atomic E-state index is 0.0361. The van der Waals surface area contributed by atoms with Gasteiger partial charge in [0.1, 0.15) is 0 Å².